The zero-order valence-corrected chi connectivity index (χ0v) is 13.6. The Morgan fingerprint density at radius 2 is 1.74 bits per heavy atom. The SMILES string of the molecule is CNC(Cc1ccccc1Br)c1cc(Cl)cc(Cl)c1. The van der Waals surface area contributed by atoms with E-state index in [-0.39, 0.29) is 6.04 Å². The molecule has 4 heteroatoms. The quantitative estimate of drug-likeness (QED) is 0.786. The lowest BCUT2D eigenvalue weighted by Gasteiger charge is -2.18. The first kappa shape index (κ1) is 14.9. The molecule has 1 N–H and O–H groups in total. The standard InChI is InChI=1S/C15H14BrCl2N/c1-19-15(8-10-4-2-3-5-14(10)16)11-6-12(17)9-13(18)7-11/h2-7,9,15,19H,8H2,1H3. The molecule has 0 aliphatic heterocycles. The van der Waals surface area contributed by atoms with E-state index in [1.165, 1.54) is 5.56 Å². The summed E-state index contributed by atoms with van der Waals surface area (Å²) in [5, 5.41) is 4.63. The summed E-state index contributed by atoms with van der Waals surface area (Å²) in [6.45, 7) is 0. The summed E-state index contributed by atoms with van der Waals surface area (Å²) in [6, 6.07) is 14.0. The van der Waals surface area contributed by atoms with Gasteiger partial charge >= 0.3 is 0 Å². The van der Waals surface area contributed by atoms with E-state index < -0.39 is 0 Å². The largest absolute Gasteiger partial charge is 0.313 e. The number of benzene rings is 2. The van der Waals surface area contributed by atoms with Crippen LogP contribution in [0.2, 0.25) is 10.0 Å². The number of likely N-dealkylation sites (N-methyl/N-ethyl adjacent to an activating group) is 1. The van der Waals surface area contributed by atoms with E-state index in [4.69, 9.17) is 23.2 Å². The van der Waals surface area contributed by atoms with Gasteiger partial charge in [-0.05, 0) is 48.9 Å². The van der Waals surface area contributed by atoms with E-state index in [9.17, 15) is 0 Å². The number of hydrogen-bond acceptors (Lipinski definition) is 1. The van der Waals surface area contributed by atoms with Crippen molar-refractivity contribution in [3.63, 3.8) is 0 Å². The predicted octanol–water partition coefficient (Wildman–Crippen LogP) is 5.26. The Balaban J connectivity index is 2.28. The Morgan fingerprint density at radius 3 is 2.32 bits per heavy atom. The molecule has 0 amide bonds. The predicted molar refractivity (Wildman–Crippen MR) is 86.1 cm³/mol. The van der Waals surface area contributed by atoms with Gasteiger partial charge in [-0.2, -0.15) is 0 Å². The van der Waals surface area contributed by atoms with Crippen LogP contribution in [0.5, 0.6) is 0 Å². The van der Waals surface area contributed by atoms with Gasteiger partial charge in [0.05, 0.1) is 0 Å². The molecular weight excluding hydrogens is 345 g/mol. The van der Waals surface area contributed by atoms with Crippen molar-refractivity contribution in [3.05, 3.63) is 68.1 Å². The zero-order chi connectivity index (χ0) is 13.8. The molecule has 0 heterocycles. The fraction of sp³-hybridized carbons (Fsp3) is 0.200. The normalized spacial score (nSPS) is 12.4. The lowest BCUT2D eigenvalue weighted by molar-refractivity contribution is 0.591. The van der Waals surface area contributed by atoms with Gasteiger partial charge in [-0.3, -0.25) is 0 Å². The van der Waals surface area contributed by atoms with Crippen LogP contribution in [0.4, 0.5) is 0 Å². The number of rotatable bonds is 4. The van der Waals surface area contributed by atoms with Gasteiger partial charge in [0.15, 0.2) is 0 Å². The molecule has 1 nitrogen and oxygen atoms in total. The minimum Gasteiger partial charge on any atom is -0.313 e. The first-order valence-electron chi connectivity index (χ1n) is 5.97. The molecule has 0 saturated heterocycles. The third kappa shape index (κ3) is 3.96. The van der Waals surface area contributed by atoms with Gasteiger partial charge in [0, 0.05) is 20.6 Å². The van der Waals surface area contributed by atoms with Crippen molar-refractivity contribution in [2.45, 2.75) is 12.5 Å². The first-order chi connectivity index (χ1) is 9.10. The average molecular weight is 359 g/mol. The molecule has 0 aliphatic carbocycles. The van der Waals surface area contributed by atoms with Crippen LogP contribution in [-0.4, -0.2) is 7.05 Å². The molecule has 0 bridgehead atoms. The summed E-state index contributed by atoms with van der Waals surface area (Å²) in [6.07, 6.45) is 0.870. The van der Waals surface area contributed by atoms with Crippen molar-refractivity contribution in [2.24, 2.45) is 0 Å². The summed E-state index contributed by atoms with van der Waals surface area (Å²) in [5.74, 6) is 0. The third-order valence-electron chi connectivity index (χ3n) is 3.02. The van der Waals surface area contributed by atoms with E-state index in [0.29, 0.717) is 10.0 Å². The summed E-state index contributed by atoms with van der Waals surface area (Å²) >= 11 is 15.7. The van der Waals surface area contributed by atoms with E-state index in [1.54, 1.807) is 6.07 Å². The average Bonchev–Trinajstić information content (AvgIpc) is 2.36. The molecule has 0 saturated carbocycles. The van der Waals surface area contributed by atoms with E-state index in [1.807, 2.05) is 37.4 Å². The van der Waals surface area contributed by atoms with Crippen LogP contribution in [0.3, 0.4) is 0 Å². The summed E-state index contributed by atoms with van der Waals surface area (Å²) < 4.78 is 1.11. The van der Waals surface area contributed by atoms with Crippen molar-refractivity contribution in [1.82, 2.24) is 5.32 Å². The van der Waals surface area contributed by atoms with Crippen LogP contribution in [0.15, 0.2) is 46.9 Å². The molecule has 0 fully saturated rings. The van der Waals surface area contributed by atoms with Crippen LogP contribution < -0.4 is 5.32 Å². The fourth-order valence-electron chi connectivity index (χ4n) is 2.05. The van der Waals surface area contributed by atoms with Crippen LogP contribution in [-0.2, 0) is 6.42 Å². The summed E-state index contributed by atoms with van der Waals surface area (Å²) in [4.78, 5) is 0. The Bertz CT molecular complexity index is 552. The van der Waals surface area contributed by atoms with Gasteiger partial charge in [0.2, 0.25) is 0 Å². The minimum atomic E-state index is 0.176. The van der Waals surface area contributed by atoms with Gasteiger partial charge in [0.1, 0.15) is 0 Å². The smallest absolute Gasteiger partial charge is 0.0424 e. The second-order valence-electron chi connectivity index (χ2n) is 4.34. The highest BCUT2D eigenvalue weighted by atomic mass is 79.9. The fourth-order valence-corrected chi connectivity index (χ4v) is 3.04. The molecular formula is C15H14BrCl2N. The second kappa shape index (κ2) is 6.76. The van der Waals surface area contributed by atoms with Gasteiger partial charge in [0.25, 0.3) is 0 Å². The lowest BCUT2D eigenvalue weighted by atomic mass is 9.99. The van der Waals surface area contributed by atoms with Crippen molar-refractivity contribution in [1.29, 1.82) is 0 Å². The van der Waals surface area contributed by atoms with Gasteiger partial charge in [-0.15, -0.1) is 0 Å². The van der Waals surface area contributed by atoms with Crippen molar-refractivity contribution in [2.75, 3.05) is 7.05 Å². The Morgan fingerprint density at radius 1 is 1.11 bits per heavy atom. The monoisotopic (exact) mass is 357 g/mol. The molecule has 100 valence electrons. The molecule has 19 heavy (non-hydrogen) atoms. The van der Waals surface area contributed by atoms with Crippen LogP contribution in [0.1, 0.15) is 17.2 Å². The molecule has 1 atom stereocenters. The highest BCUT2D eigenvalue weighted by molar-refractivity contribution is 9.10. The van der Waals surface area contributed by atoms with Gasteiger partial charge in [-0.1, -0.05) is 57.3 Å². The van der Waals surface area contributed by atoms with Crippen LogP contribution >= 0.6 is 39.1 Å². The molecule has 2 aromatic rings. The number of halogens is 3. The number of hydrogen-bond donors (Lipinski definition) is 1. The molecule has 0 aliphatic rings. The second-order valence-corrected chi connectivity index (χ2v) is 6.07. The van der Waals surface area contributed by atoms with Crippen molar-refractivity contribution >= 4 is 39.1 Å². The third-order valence-corrected chi connectivity index (χ3v) is 4.23. The highest BCUT2D eigenvalue weighted by Crippen LogP contribution is 2.27. The van der Waals surface area contributed by atoms with E-state index in [0.717, 1.165) is 16.5 Å². The maximum atomic E-state index is 6.06. The van der Waals surface area contributed by atoms with E-state index in [2.05, 4.69) is 27.3 Å². The molecule has 1 unspecified atom stereocenters. The maximum absolute atomic E-state index is 6.06. The summed E-state index contributed by atoms with van der Waals surface area (Å²) in [7, 11) is 1.94. The van der Waals surface area contributed by atoms with Gasteiger partial charge in [-0.25, -0.2) is 0 Å². The topological polar surface area (TPSA) is 12.0 Å². The highest BCUT2D eigenvalue weighted by Gasteiger charge is 2.13. The molecule has 0 radical (unpaired) electrons. The minimum absolute atomic E-state index is 0.176. The molecule has 0 aromatic heterocycles. The Kier molecular flexibility index (Phi) is 5.28. The number of nitrogens with one attached hydrogen (secondary N) is 1. The van der Waals surface area contributed by atoms with E-state index >= 15 is 0 Å². The first-order valence-corrected chi connectivity index (χ1v) is 7.51. The van der Waals surface area contributed by atoms with Crippen LogP contribution in [0.25, 0.3) is 0 Å². The van der Waals surface area contributed by atoms with Crippen LogP contribution in [0, 0.1) is 0 Å². The van der Waals surface area contributed by atoms with Crippen molar-refractivity contribution < 1.29 is 0 Å². The lowest BCUT2D eigenvalue weighted by Crippen LogP contribution is -2.19. The zero-order valence-electron chi connectivity index (χ0n) is 10.5. The molecule has 0 spiro atoms. The maximum Gasteiger partial charge on any atom is 0.0424 e. The van der Waals surface area contributed by atoms with Gasteiger partial charge < -0.3 is 5.32 Å². The van der Waals surface area contributed by atoms with Crippen molar-refractivity contribution in [3.8, 4) is 0 Å². The molecule has 2 rings (SSSR count). The summed E-state index contributed by atoms with van der Waals surface area (Å²) in [5.41, 5.74) is 2.34. The Hall–Kier alpha value is -0.540. The Labute approximate surface area is 132 Å². The molecule has 2 aromatic carbocycles.